The quantitative estimate of drug-likeness (QED) is 0.168. The maximum atomic E-state index is 3.53. The monoisotopic (exact) mass is 636 g/mol. The molecule has 0 spiro atoms. The molecule has 0 saturated heterocycles. The number of aryl methyl sites for hydroxylation is 1. The van der Waals surface area contributed by atoms with Crippen molar-refractivity contribution in [1.29, 1.82) is 0 Å². The molecule has 0 bridgehead atoms. The van der Waals surface area contributed by atoms with E-state index in [1.807, 2.05) is 24.3 Å². The number of allylic oxidation sites excluding steroid dienone is 4. The van der Waals surface area contributed by atoms with Gasteiger partial charge >= 0.3 is 28.4 Å². The SMILES string of the molecule is CC(C)(C)c1c[c-]c2c(c1)-c1cc(C(C)(C)C)ccc1C2.CC1=[C-]C(C)C=C1C(C)(C)C.Cc1cc[c-]cc1.[CH2]=[Zr].[CH3-]. The average molecular weight is 638 g/mol. The van der Waals surface area contributed by atoms with E-state index >= 15 is 0 Å². The van der Waals surface area contributed by atoms with Crippen molar-refractivity contribution in [1.82, 2.24) is 0 Å². The van der Waals surface area contributed by atoms with Crippen molar-refractivity contribution < 1.29 is 24.2 Å². The summed E-state index contributed by atoms with van der Waals surface area (Å²) in [6.45, 7) is 26.8. The second-order valence-electron chi connectivity index (χ2n) is 14.3. The predicted octanol–water partition coefficient (Wildman–Crippen LogP) is 11.2. The van der Waals surface area contributed by atoms with Crippen molar-refractivity contribution in [2.24, 2.45) is 11.3 Å². The van der Waals surface area contributed by atoms with Gasteiger partial charge in [-0.05, 0) is 17.4 Å². The molecule has 0 nitrogen and oxygen atoms in total. The molecule has 3 aromatic carbocycles. The summed E-state index contributed by atoms with van der Waals surface area (Å²) < 4.78 is 3.34. The largest absolute Gasteiger partial charge is 0.358 e. The molecule has 0 aliphatic heterocycles. The van der Waals surface area contributed by atoms with Crippen molar-refractivity contribution >= 4 is 4.21 Å². The number of hydrogen-bond acceptors (Lipinski definition) is 0. The number of rotatable bonds is 0. The Morgan fingerprint density at radius 3 is 1.71 bits per heavy atom. The Bertz CT molecular complexity index is 1290. The second kappa shape index (κ2) is 15.6. The first-order valence-corrected chi connectivity index (χ1v) is 16.5. The van der Waals surface area contributed by atoms with Crippen molar-refractivity contribution in [3.63, 3.8) is 0 Å². The van der Waals surface area contributed by atoms with E-state index in [1.54, 1.807) is 0 Å². The smallest absolute Gasteiger partial charge is 0.358 e. The van der Waals surface area contributed by atoms with Crippen LogP contribution in [0.1, 0.15) is 104 Å². The van der Waals surface area contributed by atoms with E-state index < -0.39 is 0 Å². The van der Waals surface area contributed by atoms with Gasteiger partial charge < -0.3 is 7.43 Å². The fraction of sp³-hybridized carbons (Fsp3) is 0.415. The maximum absolute atomic E-state index is 3.53. The molecule has 226 valence electrons. The van der Waals surface area contributed by atoms with Crippen LogP contribution in [0, 0.1) is 43.9 Å². The third-order valence-corrected chi connectivity index (χ3v) is 7.48. The van der Waals surface area contributed by atoms with Crippen molar-refractivity contribution in [2.45, 2.75) is 100 Å². The zero-order chi connectivity index (χ0) is 31.2. The second-order valence-corrected chi connectivity index (χ2v) is 14.3. The van der Waals surface area contributed by atoms with E-state index in [0.717, 1.165) is 6.42 Å². The minimum absolute atomic E-state index is 0. The van der Waals surface area contributed by atoms with Crippen LogP contribution in [-0.2, 0) is 41.5 Å². The number of benzene rings is 3. The molecule has 0 fully saturated rings. The summed E-state index contributed by atoms with van der Waals surface area (Å²) in [6, 6.07) is 25.9. The van der Waals surface area contributed by atoms with Gasteiger partial charge in [-0.3, -0.25) is 6.08 Å². The average Bonchev–Trinajstić information content (AvgIpc) is 3.43. The van der Waals surface area contributed by atoms with E-state index in [9.17, 15) is 0 Å². The minimum atomic E-state index is 0. The first kappa shape index (κ1) is 37.9. The van der Waals surface area contributed by atoms with E-state index in [1.165, 1.54) is 74.3 Å². The molecule has 1 unspecified atom stereocenters. The molecule has 0 aromatic heterocycles. The number of hydrogen-bond donors (Lipinski definition) is 0. The van der Waals surface area contributed by atoms with E-state index in [-0.39, 0.29) is 18.3 Å². The van der Waals surface area contributed by atoms with Crippen LogP contribution in [0.25, 0.3) is 11.1 Å². The van der Waals surface area contributed by atoms with Crippen LogP contribution >= 0.6 is 0 Å². The molecule has 1 heteroatoms. The molecule has 1 atom stereocenters. The van der Waals surface area contributed by atoms with Gasteiger partial charge in [0.2, 0.25) is 0 Å². The Morgan fingerprint density at radius 2 is 1.31 bits per heavy atom. The van der Waals surface area contributed by atoms with Crippen molar-refractivity contribution in [3.05, 3.63) is 125 Å². The zero-order valence-electron chi connectivity index (χ0n) is 28.8. The summed E-state index contributed by atoms with van der Waals surface area (Å²) in [4.78, 5) is 0. The summed E-state index contributed by atoms with van der Waals surface area (Å²) in [5.41, 5.74) is 13.1. The Labute approximate surface area is 275 Å². The fourth-order valence-corrected chi connectivity index (χ4v) is 5.10. The fourth-order valence-electron chi connectivity index (χ4n) is 5.10. The predicted molar refractivity (Wildman–Crippen MR) is 184 cm³/mol. The van der Waals surface area contributed by atoms with Crippen LogP contribution in [0.5, 0.6) is 0 Å². The summed E-state index contributed by atoms with van der Waals surface area (Å²) in [7, 11) is 0. The third kappa shape index (κ3) is 10.6. The van der Waals surface area contributed by atoms with Gasteiger partial charge in [0.1, 0.15) is 0 Å². The molecule has 0 heterocycles. The molecular weight excluding hydrogens is 584 g/mol. The molecule has 5 rings (SSSR count). The van der Waals surface area contributed by atoms with Gasteiger partial charge in [-0.15, -0.1) is 5.56 Å². The van der Waals surface area contributed by atoms with E-state index in [4.69, 9.17) is 0 Å². The normalized spacial score (nSPS) is 15.1. The van der Waals surface area contributed by atoms with Gasteiger partial charge in [-0.2, -0.15) is 76.9 Å². The molecule has 42 heavy (non-hydrogen) atoms. The Hall–Kier alpha value is -2.11. The Morgan fingerprint density at radius 1 is 0.762 bits per heavy atom. The Balaban J connectivity index is 0.000000352. The Kier molecular flexibility index (Phi) is 14.1. The molecule has 0 amide bonds. The molecule has 0 saturated carbocycles. The molecule has 0 N–H and O–H groups in total. The zero-order valence-corrected chi connectivity index (χ0v) is 31.2. The van der Waals surface area contributed by atoms with Crippen LogP contribution in [0.3, 0.4) is 0 Å². The summed E-state index contributed by atoms with van der Waals surface area (Å²) in [6.07, 6.45) is 6.74. The molecule has 2 aliphatic rings. The van der Waals surface area contributed by atoms with Crippen LogP contribution < -0.4 is 0 Å². The summed E-state index contributed by atoms with van der Waals surface area (Å²) >= 11 is 1.30. The first-order valence-electron chi connectivity index (χ1n) is 14.8. The van der Waals surface area contributed by atoms with Crippen LogP contribution in [0.4, 0.5) is 0 Å². The number of fused-ring (bicyclic) bond motifs is 3. The van der Waals surface area contributed by atoms with E-state index in [0.29, 0.717) is 11.3 Å². The van der Waals surface area contributed by atoms with E-state index in [2.05, 4.69) is 142 Å². The molecule has 0 radical (unpaired) electrons. The molecule has 2 aliphatic carbocycles. The van der Waals surface area contributed by atoms with Gasteiger partial charge in [-0.25, -0.2) is 5.57 Å². The first-order chi connectivity index (χ1) is 19.0. The summed E-state index contributed by atoms with van der Waals surface area (Å²) in [5.74, 6) is 0.518. The molecule has 3 aromatic rings. The maximum Gasteiger partial charge on any atom is -0.358 e. The van der Waals surface area contributed by atoms with Crippen molar-refractivity contribution in [2.75, 3.05) is 0 Å². The van der Waals surface area contributed by atoms with Gasteiger partial charge in [-0.1, -0.05) is 129 Å². The van der Waals surface area contributed by atoms with Gasteiger partial charge in [0, 0.05) is 0 Å². The third-order valence-electron chi connectivity index (χ3n) is 7.48. The minimum Gasteiger partial charge on any atom is -0.358 e. The van der Waals surface area contributed by atoms with Crippen LogP contribution in [-0.4, -0.2) is 4.21 Å². The van der Waals surface area contributed by atoms with Crippen LogP contribution in [0.2, 0.25) is 0 Å². The van der Waals surface area contributed by atoms with Crippen LogP contribution in [0.15, 0.2) is 71.8 Å². The van der Waals surface area contributed by atoms with Gasteiger partial charge in [0.25, 0.3) is 0 Å². The topological polar surface area (TPSA) is 0 Å². The van der Waals surface area contributed by atoms with Gasteiger partial charge in [0.05, 0.1) is 0 Å². The van der Waals surface area contributed by atoms with Crippen molar-refractivity contribution in [3.8, 4) is 11.1 Å². The summed E-state index contributed by atoms with van der Waals surface area (Å²) in [5, 5.41) is 0. The standard InChI is InChI=1S/C21H25.C11H17.C7H7.CH3.CH2.Zr/c1-20(2,3)16-9-7-14-11-15-8-10-17(21(4,5)6)13-19(15)18(14)12-16;1-8-6-9(2)10(7-8)11(3,4)5;1-7-5-3-2-4-6-7;;;/h7,9-10,12-13H,11H2,1-6H3;7-8H,1-5H3;3-6H,1H3;1H3;1H2;/q4*-1;;. The molecular formula is C41H54Zr-4. The van der Waals surface area contributed by atoms with Gasteiger partial charge in [0.15, 0.2) is 0 Å².